The lowest BCUT2D eigenvalue weighted by Crippen LogP contribution is -2.49. The molecule has 24 heavy (non-hydrogen) atoms. The molecule has 0 saturated carbocycles. The van der Waals surface area contributed by atoms with Crippen LogP contribution in [0.4, 0.5) is 5.95 Å². The lowest BCUT2D eigenvalue weighted by molar-refractivity contribution is 0.0745. The van der Waals surface area contributed by atoms with Crippen molar-refractivity contribution >= 4 is 23.2 Å². The number of hydrogen-bond acceptors (Lipinski definition) is 5. The van der Waals surface area contributed by atoms with Gasteiger partial charge < -0.3 is 9.80 Å². The summed E-state index contributed by atoms with van der Waals surface area (Å²) >= 11 is 1.77. The molecule has 0 aromatic carbocycles. The summed E-state index contributed by atoms with van der Waals surface area (Å²) in [6, 6.07) is 1.82. The van der Waals surface area contributed by atoms with Crippen LogP contribution in [-0.2, 0) is 12.8 Å². The van der Waals surface area contributed by atoms with E-state index in [0.717, 1.165) is 56.5 Å². The van der Waals surface area contributed by atoms with Gasteiger partial charge in [-0.15, -0.1) is 11.3 Å². The number of nitrogens with zero attached hydrogens (tertiary/aromatic N) is 4. The van der Waals surface area contributed by atoms with E-state index in [1.54, 1.807) is 23.7 Å². The van der Waals surface area contributed by atoms with Gasteiger partial charge in [-0.2, -0.15) is 0 Å². The average molecular weight is 342 g/mol. The van der Waals surface area contributed by atoms with E-state index in [4.69, 9.17) is 0 Å². The first-order valence-corrected chi connectivity index (χ1v) is 9.51. The standard InChI is InChI=1S/C18H22N4OS/c1-13-3-4-14-15(12-24-16(14)11-13)17(23)21-7-9-22(10-8-21)18-19-5-2-6-20-18/h2,5-6,12-13H,3-4,7-11H2,1H3/t13-/m1/s1. The quantitative estimate of drug-likeness (QED) is 0.842. The molecule has 126 valence electrons. The Morgan fingerprint density at radius 1 is 1.21 bits per heavy atom. The first-order chi connectivity index (χ1) is 11.7. The van der Waals surface area contributed by atoms with E-state index < -0.39 is 0 Å². The van der Waals surface area contributed by atoms with Gasteiger partial charge in [0.2, 0.25) is 5.95 Å². The Bertz CT molecular complexity index is 722. The number of hydrogen-bond donors (Lipinski definition) is 0. The van der Waals surface area contributed by atoms with Gasteiger partial charge in [0.1, 0.15) is 0 Å². The molecule has 6 heteroatoms. The van der Waals surface area contributed by atoms with Crippen molar-refractivity contribution in [3.8, 4) is 0 Å². The Labute approximate surface area is 146 Å². The molecule has 0 unspecified atom stereocenters. The van der Waals surface area contributed by atoms with Crippen molar-refractivity contribution in [3.63, 3.8) is 0 Å². The number of carbonyl (C=O) groups is 1. The van der Waals surface area contributed by atoms with Crippen LogP contribution >= 0.6 is 11.3 Å². The number of anilines is 1. The molecular weight excluding hydrogens is 320 g/mol. The first-order valence-electron chi connectivity index (χ1n) is 8.63. The van der Waals surface area contributed by atoms with Crippen LogP contribution in [-0.4, -0.2) is 47.0 Å². The summed E-state index contributed by atoms with van der Waals surface area (Å²) in [5, 5.41) is 2.08. The van der Waals surface area contributed by atoms with E-state index in [-0.39, 0.29) is 5.91 Å². The molecule has 2 aromatic heterocycles. The number of thiophene rings is 1. The molecule has 3 heterocycles. The van der Waals surface area contributed by atoms with Crippen LogP contribution in [0.2, 0.25) is 0 Å². The second-order valence-corrected chi connectivity index (χ2v) is 7.69. The maximum absolute atomic E-state index is 12.9. The monoisotopic (exact) mass is 342 g/mol. The maximum atomic E-state index is 12.9. The first kappa shape index (κ1) is 15.6. The van der Waals surface area contributed by atoms with Crippen molar-refractivity contribution < 1.29 is 4.79 Å². The summed E-state index contributed by atoms with van der Waals surface area (Å²) < 4.78 is 0. The molecule has 1 saturated heterocycles. The molecule has 0 N–H and O–H groups in total. The molecular formula is C18H22N4OS. The maximum Gasteiger partial charge on any atom is 0.255 e. The van der Waals surface area contributed by atoms with Crippen LogP contribution in [0.1, 0.15) is 34.1 Å². The van der Waals surface area contributed by atoms with Gasteiger partial charge in [0.05, 0.1) is 5.56 Å². The van der Waals surface area contributed by atoms with Crippen molar-refractivity contribution in [1.29, 1.82) is 0 Å². The minimum Gasteiger partial charge on any atom is -0.337 e. The molecule has 0 radical (unpaired) electrons. The fraction of sp³-hybridized carbons (Fsp3) is 0.500. The normalized spacial score (nSPS) is 20.8. The Morgan fingerprint density at radius 2 is 1.96 bits per heavy atom. The zero-order chi connectivity index (χ0) is 16.5. The van der Waals surface area contributed by atoms with Gasteiger partial charge in [0.25, 0.3) is 5.91 Å². The van der Waals surface area contributed by atoms with Gasteiger partial charge in [-0.25, -0.2) is 9.97 Å². The summed E-state index contributed by atoms with van der Waals surface area (Å²) in [6.07, 6.45) is 6.91. The minimum absolute atomic E-state index is 0.204. The number of fused-ring (bicyclic) bond motifs is 1. The molecule has 5 nitrogen and oxygen atoms in total. The van der Waals surface area contributed by atoms with Gasteiger partial charge in [-0.05, 0) is 36.8 Å². The lowest BCUT2D eigenvalue weighted by atomic mass is 9.88. The predicted octanol–water partition coefficient (Wildman–Crippen LogP) is 2.63. The van der Waals surface area contributed by atoms with Gasteiger partial charge in [-0.3, -0.25) is 4.79 Å². The Balaban J connectivity index is 1.44. The van der Waals surface area contributed by atoms with E-state index in [2.05, 4.69) is 27.2 Å². The molecule has 1 aliphatic carbocycles. The zero-order valence-electron chi connectivity index (χ0n) is 13.9. The summed E-state index contributed by atoms with van der Waals surface area (Å²) in [5.41, 5.74) is 2.27. The highest BCUT2D eigenvalue weighted by Gasteiger charge is 2.28. The van der Waals surface area contributed by atoms with Crippen molar-refractivity contribution in [2.24, 2.45) is 5.92 Å². The molecule has 2 aromatic rings. The molecule has 0 spiro atoms. The number of carbonyl (C=O) groups excluding carboxylic acids is 1. The predicted molar refractivity (Wildman–Crippen MR) is 95.7 cm³/mol. The molecule has 2 aliphatic rings. The smallest absolute Gasteiger partial charge is 0.255 e. The fourth-order valence-electron chi connectivity index (χ4n) is 3.59. The Kier molecular flexibility index (Phi) is 4.22. The number of aromatic nitrogens is 2. The van der Waals surface area contributed by atoms with Crippen LogP contribution in [0.15, 0.2) is 23.8 Å². The van der Waals surface area contributed by atoms with Crippen molar-refractivity contribution in [3.05, 3.63) is 39.8 Å². The summed E-state index contributed by atoms with van der Waals surface area (Å²) in [7, 11) is 0. The van der Waals surface area contributed by atoms with Crippen LogP contribution in [0.25, 0.3) is 0 Å². The van der Waals surface area contributed by atoms with Crippen molar-refractivity contribution in [1.82, 2.24) is 14.9 Å². The fourth-order valence-corrected chi connectivity index (χ4v) is 4.83. The summed E-state index contributed by atoms with van der Waals surface area (Å²) in [6.45, 7) is 5.35. The highest BCUT2D eigenvalue weighted by molar-refractivity contribution is 7.10. The molecule has 1 fully saturated rings. The van der Waals surface area contributed by atoms with Gasteiger partial charge in [-0.1, -0.05) is 6.92 Å². The highest BCUT2D eigenvalue weighted by atomic mass is 32.1. The second-order valence-electron chi connectivity index (χ2n) is 6.73. The third-order valence-electron chi connectivity index (χ3n) is 5.03. The number of piperazine rings is 1. The van der Waals surface area contributed by atoms with Crippen molar-refractivity contribution in [2.45, 2.75) is 26.2 Å². The Hall–Kier alpha value is -1.95. The molecule has 4 rings (SSSR count). The zero-order valence-corrected chi connectivity index (χ0v) is 14.8. The Morgan fingerprint density at radius 3 is 2.71 bits per heavy atom. The topological polar surface area (TPSA) is 49.3 Å². The largest absolute Gasteiger partial charge is 0.337 e. The molecule has 0 bridgehead atoms. The van der Waals surface area contributed by atoms with Gasteiger partial charge in [0, 0.05) is 48.8 Å². The summed E-state index contributed by atoms with van der Waals surface area (Å²) in [5.74, 6) is 1.70. The van der Waals surface area contributed by atoms with E-state index in [1.165, 1.54) is 16.9 Å². The van der Waals surface area contributed by atoms with Crippen molar-refractivity contribution in [2.75, 3.05) is 31.1 Å². The van der Waals surface area contributed by atoms with Crippen LogP contribution in [0.5, 0.6) is 0 Å². The third kappa shape index (κ3) is 2.90. The molecule has 1 atom stereocenters. The lowest BCUT2D eigenvalue weighted by Gasteiger charge is -2.34. The average Bonchev–Trinajstić information content (AvgIpc) is 3.05. The molecule has 1 aliphatic heterocycles. The van der Waals surface area contributed by atoms with E-state index in [1.807, 2.05) is 11.0 Å². The highest BCUT2D eigenvalue weighted by Crippen LogP contribution is 2.33. The van der Waals surface area contributed by atoms with E-state index in [0.29, 0.717) is 0 Å². The van der Waals surface area contributed by atoms with E-state index >= 15 is 0 Å². The van der Waals surface area contributed by atoms with Crippen LogP contribution in [0.3, 0.4) is 0 Å². The third-order valence-corrected chi connectivity index (χ3v) is 6.09. The van der Waals surface area contributed by atoms with Gasteiger partial charge >= 0.3 is 0 Å². The summed E-state index contributed by atoms with van der Waals surface area (Å²) in [4.78, 5) is 27.1. The molecule has 1 amide bonds. The van der Waals surface area contributed by atoms with Crippen LogP contribution in [0, 0.1) is 5.92 Å². The van der Waals surface area contributed by atoms with Gasteiger partial charge in [0.15, 0.2) is 0 Å². The number of rotatable bonds is 2. The number of amides is 1. The van der Waals surface area contributed by atoms with E-state index in [9.17, 15) is 4.79 Å². The van der Waals surface area contributed by atoms with Crippen LogP contribution < -0.4 is 4.90 Å². The second kappa shape index (κ2) is 6.51. The SMILES string of the molecule is C[C@@H]1CCc2c(C(=O)N3CCN(c4ncccn4)CC3)csc2C1. The minimum atomic E-state index is 0.204.